The summed E-state index contributed by atoms with van der Waals surface area (Å²) in [6, 6.07) is 4.60. The molecule has 0 fully saturated rings. The van der Waals surface area contributed by atoms with Crippen LogP contribution < -0.4 is 0 Å². The van der Waals surface area contributed by atoms with Crippen LogP contribution in [-0.4, -0.2) is 10.2 Å². The third-order valence-electron chi connectivity index (χ3n) is 0.641. The van der Waals surface area contributed by atoms with Gasteiger partial charge in [-0.05, 0) is 13.0 Å². The second kappa shape index (κ2) is 1.69. The summed E-state index contributed by atoms with van der Waals surface area (Å²) in [5.74, 6) is 0. The summed E-state index contributed by atoms with van der Waals surface area (Å²) >= 11 is 0. The van der Waals surface area contributed by atoms with E-state index >= 15 is 0 Å². The van der Waals surface area contributed by atoms with E-state index in [0.717, 1.165) is 5.69 Å². The van der Waals surface area contributed by atoms with Crippen molar-refractivity contribution in [3.8, 4) is 0 Å². The molecular weight excluding hydrogens is 88.1 g/mol. The summed E-state index contributed by atoms with van der Waals surface area (Å²) in [5.41, 5.74) is 0.836. The maximum Gasteiger partial charge on any atom is 0.0679 e. The van der Waals surface area contributed by atoms with Crippen LogP contribution in [0.5, 0.6) is 0 Å². The van der Waals surface area contributed by atoms with Crippen molar-refractivity contribution >= 4 is 0 Å². The molecule has 1 aromatic rings. The monoisotopic (exact) mass is 93.0 g/mol. The van der Waals surface area contributed by atoms with Crippen LogP contribution in [-0.2, 0) is 0 Å². The Labute approximate surface area is 42.2 Å². The van der Waals surface area contributed by atoms with E-state index < -0.39 is 0 Å². The van der Waals surface area contributed by atoms with Gasteiger partial charge in [-0.15, -0.1) is 0 Å². The highest BCUT2D eigenvalue weighted by molar-refractivity contribution is 4.91. The second-order valence-corrected chi connectivity index (χ2v) is 1.26. The zero-order valence-corrected chi connectivity index (χ0v) is 4.05. The molecule has 1 radical (unpaired) electrons. The Morgan fingerprint density at radius 1 is 1.71 bits per heavy atom. The van der Waals surface area contributed by atoms with Crippen LogP contribution in [0, 0.1) is 13.0 Å². The summed E-state index contributed by atoms with van der Waals surface area (Å²) in [7, 11) is 0. The van der Waals surface area contributed by atoms with Gasteiger partial charge in [0.15, 0.2) is 0 Å². The number of aryl methyl sites for hydroxylation is 1. The van der Waals surface area contributed by atoms with Crippen LogP contribution in [0.1, 0.15) is 5.69 Å². The highest BCUT2D eigenvalue weighted by atomic mass is 15.1. The normalized spacial score (nSPS) is 8.71. The predicted octanol–water partition coefficient (Wildman–Crippen LogP) is 0.585. The van der Waals surface area contributed by atoms with E-state index in [4.69, 9.17) is 0 Å². The minimum Gasteiger partial charge on any atom is -0.159 e. The minimum atomic E-state index is 0.836. The van der Waals surface area contributed by atoms with E-state index in [1.807, 2.05) is 6.92 Å². The molecule has 0 spiro atoms. The van der Waals surface area contributed by atoms with E-state index in [1.54, 1.807) is 12.3 Å². The van der Waals surface area contributed by atoms with E-state index in [-0.39, 0.29) is 0 Å². The molecule has 1 rings (SSSR count). The number of nitrogens with zero attached hydrogens (tertiary/aromatic N) is 2. The van der Waals surface area contributed by atoms with Gasteiger partial charge in [0.25, 0.3) is 0 Å². The molecule has 0 aliphatic rings. The van der Waals surface area contributed by atoms with Crippen molar-refractivity contribution in [3.63, 3.8) is 0 Å². The third kappa shape index (κ3) is 0.961. The van der Waals surface area contributed by atoms with Gasteiger partial charge in [-0.2, -0.15) is 10.2 Å². The largest absolute Gasteiger partial charge is 0.159 e. The first-order chi connectivity index (χ1) is 3.39. The quantitative estimate of drug-likeness (QED) is 0.469. The van der Waals surface area contributed by atoms with Gasteiger partial charge >= 0.3 is 0 Å². The third-order valence-corrected chi connectivity index (χ3v) is 0.641. The number of aromatic nitrogens is 2. The van der Waals surface area contributed by atoms with Gasteiger partial charge in [0, 0.05) is 6.07 Å². The first-order valence-electron chi connectivity index (χ1n) is 2.05. The lowest BCUT2D eigenvalue weighted by Gasteiger charge is -1.79. The molecule has 0 atom stereocenters. The van der Waals surface area contributed by atoms with Crippen LogP contribution in [0.15, 0.2) is 12.3 Å². The predicted molar refractivity (Wildman–Crippen MR) is 25.6 cm³/mol. The van der Waals surface area contributed by atoms with Crippen molar-refractivity contribution in [3.05, 3.63) is 24.0 Å². The van der Waals surface area contributed by atoms with E-state index in [9.17, 15) is 0 Å². The Morgan fingerprint density at radius 3 is 2.86 bits per heavy atom. The lowest BCUT2D eigenvalue weighted by Crippen LogP contribution is -1.80. The van der Waals surface area contributed by atoms with Gasteiger partial charge in [-0.3, -0.25) is 0 Å². The van der Waals surface area contributed by atoms with Crippen LogP contribution >= 0.6 is 0 Å². The summed E-state index contributed by atoms with van der Waals surface area (Å²) in [6.45, 7) is 1.85. The molecular formula is C5H5N2. The average molecular weight is 93.1 g/mol. The number of hydrogen-bond acceptors (Lipinski definition) is 2. The molecule has 35 valence electrons. The molecule has 2 nitrogen and oxygen atoms in total. The van der Waals surface area contributed by atoms with Gasteiger partial charge in [0.05, 0.1) is 11.9 Å². The second-order valence-electron chi connectivity index (χ2n) is 1.26. The van der Waals surface area contributed by atoms with Crippen LogP contribution in [0.3, 0.4) is 0 Å². The topological polar surface area (TPSA) is 25.8 Å². The maximum absolute atomic E-state index is 3.67. The van der Waals surface area contributed by atoms with Crippen molar-refractivity contribution in [2.75, 3.05) is 0 Å². The Bertz CT molecular complexity index is 136. The molecule has 0 aliphatic heterocycles. The van der Waals surface area contributed by atoms with E-state index in [2.05, 4.69) is 16.3 Å². The zero-order valence-electron chi connectivity index (χ0n) is 4.05. The Hall–Kier alpha value is -0.920. The molecule has 2 heteroatoms. The van der Waals surface area contributed by atoms with Crippen molar-refractivity contribution < 1.29 is 0 Å². The number of rotatable bonds is 0. The molecule has 0 N–H and O–H groups in total. The van der Waals surface area contributed by atoms with Crippen molar-refractivity contribution in [2.24, 2.45) is 0 Å². The Balaban J connectivity index is 3.02. The van der Waals surface area contributed by atoms with Gasteiger partial charge < -0.3 is 0 Å². The highest BCUT2D eigenvalue weighted by Gasteiger charge is 1.76. The molecule has 1 heterocycles. The van der Waals surface area contributed by atoms with Gasteiger partial charge in [-0.25, -0.2) is 0 Å². The zero-order chi connectivity index (χ0) is 5.11. The Kier molecular flexibility index (Phi) is 1.02. The minimum absolute atomic E-state index is 0.836. The fourth-order valence-electron chi connectivity index (χ4n) is 0.340. The molecule has 0 bridgehead atoms. The SMILES string of the molecule is Cc1[c]ccnn1. The number of hydrogen-bond donors (Lipinski definition) is 0. The summed E-state index contributed by atoms with van der Waals surface area (Å²) < 4.78 is 0. The highest BCUT2D eigenvalue weighted by Crippen LogP contribution is 1.80. The van der Waals surface area contributed by atoms with Crippen LogP contribution in [0.25, 0.3) is 0 Å². The molecule has 0 saturated heterocycles. The lowest BCUT2D eigenvalue weighted by atomic mass is 10.4. The fraction of sp³-hybridized carbons (Fsp3) is 0.200. The maximum atomic E-state index is 3.67. The summed E-state index contributed by atoms with van der Waals surface area (Å²) in [6.07, 6.45) is 1.60. The lowest BCUT2D eigenvalue weighted by molar-refractivity contribution is 0.977. The van der Waals surface area contributed by atoms with Crippen molar-refractivity contribution in [1.82, 2.24) is 10.2 Å². The summed E-state index contributed by atoms with van der Waals surface area (Å²) in [5, 5.41) is 7.28. The molecule has 7 heavy (non-hydrogen) atoms. The van der Waals surface area contributed by atoms with E-state index in [1.165, 1.54) is 0 Å². The Morgan fingerprint density at radius 2 is 2.57 bits per heavy atom. The first kappa shape index (κ1) is 4.24. The molecule has 1 aromatic heterocycles. The van der Waals surface area contributed by atoms with Crippen molar-refractivity contribution in [1.29, 1.82) is 0 Å². The molecule has 0 saturated carbocycles. The van der Waals surface area contributed by atoms with Crippen LogP contribution in [0.4, 0.5) is 0 Å². The summed E-state index contributed by atoms with van der Waals surface area (Å²) in [4.78, 5) is 0. The van der Waals surface area contributed by atoms with Crippen LogP contribution in [0.2, 0.25) is 0 Å². The smallest absolute Gasteiger partial charge is 0.0679 e. The van der Waals surface area contributed by atoms with Crippen molar-refractivity contribution in [2.45, 2.75) is 6.92 Å². The standard InChI is InChI=1S/C5H5N2/c1-5-3-2-4-6-7-5/h2,4H,1H3. The molecule has 0 unspecified atom stereocenters. The van der Waals surface area contributed by atoms with E-state index in [0.29, 0.717) is 0 Å². The molecule has 0 aromatic carbocycles. The molecule has 0 aliphatic carbocycles. The fourth-order valence-corrected chi connectivity index (χ4v) is 0.340. The first-order valence-corrected chi connectivity index (χ1v) is 2.05. The van der Waals surface area contributed by atoms with Gasteiger partial charge in [-0.1, -0.05) is 0 Å². The van der Waals surface area contributed by atoms with Gasteiger partial charge in [0.1, 0.15) is 0 Å². The average Bonchev–Trinajstić information content (AvgIpc) is 1.69. The van der Waals surface area contributed by atoms with Gasteiger partial charge in [0.2, 0.25) is 0 Å². The molecule has 0 amide bonds.